The lowest BCUT2D eigenvalue weighted by atomic mass is 9.88. The Morgan fingerprint density at radius 1 is 0.848 bits per heavy atom. The summed E-state index contributed by atoms with van der Waals surface area (Å²) in [5, 5.41) is 2.53. The number of nitrogens with zero attached hydrogens (tertiary/aromatic N) is 1. The van der Waals surface area contributed by atoms with Gasteiger partial charge >= 0.3 is 5.97 Å². The first-order chi connectivity index (χ1) is 16.0. The van der Waals surface area contributed by atoms with E-state index in [1.165, 1.54) is 27.1 Å². The van der Waals surface area contributed by atoms with Gasteiger partial charge in [0.25, 0.3) is 11.8 Å². The third-order valence-corrected chi connectivity index (χ3v) is 6.59. The van der Waals surface area contributed by atoms with E-state index in [1.807, 2.05) is 4.90 Å². The molecule has 8 nitrogen and oxygen atoms in total. The lowest BCUT2D eigenvalue weighted by Gasteiger charge is -2.41. The first-order valence-electron chi connectivity index (χ1n) is 12.0. The highest BCUT2D eigenvalue weighted by Crippen LogP contribution is 2.30. The zero-order chi connectivity index (χ0) is 23.6. The fourth-order valence-corrected chi connectivity index (χ4v) is 4.88. The first-order valence-corrected chi connectivity index (χ1v) is 12.0. The molecule has 0 aliphatic heterocycles. The van der Waals surface area contributed by atoms with Gasteiger partial charge in [0, 0.05) is 23.7 Å². The number of rotatable bonds is 9. The number of esters is 1. The van der Waals surface area contributed by atoms with Gasteiger partial charge in [-0.1, -0.05) is 38.5 Å². The number of amides is 2. The van der Waals surface area contributed by atoms with Crippen LogP contribution in [0.2, 0.25) is 0 Å². The second kappa shape index (κ2) is 12.5. The van der Waals surface area contributed by atoms with Crippen molar-refractivity contribution < 1.29 is 28.6 Å². The average Bonchev–Trinajstić information content (AvgIpc) is 2.87. The lowest BCUT2D eigenvalue weighted by Crippen LogP contribution is -2.50. The molecule has 1 N–H and O–H groups in total. The summed E-state index contributed by atoms with van der Waals surface area (Å²) in [7, 11) is 2.99. The number of ether oxygens (including phenoxy) is 3. The van der Waals surface area contributed by atoms with Gasteiger partial charge in [-0.05, 0) is 37.8 Å². The molecule has 2 aliphatic rings. The Hall–Kier alpha value is -2.77. The van der Waals surface area contributed by atoms with Crippen LogP contribution >= 0.6 is 0 Å². The number of hydrogen-bond donors (Lipinski definition) is 1. The van der Waals surface area contributed by atoms with Crippen molar-refractivity contribution in [3.63, 3.8) is 0 Å². The van der Waals surface area contributed by atoms with Gasteiger partial charge in [0.05, 0.1) is 14.2 Å². The minimum Gasteiger partial charge on any atom is -0.497 e. The molecule has 2 amide bonds. The van der Waals surface area contributed by atoms with Gasteiger partial charge in [0.1, 0.15) is 18.0 Å². The SMILES string of the molecule is COc1cc(OC)cc(C(=O)NCC(=O)OCC(=O)N(C2CCCCC2)C2CCCCC2)c1. The van der Waals surface area contributed by atoms with E-state index in [0.29, 0.717) is 17.1 Å². The molecule has 0 heterocycles. The van der Waals surface area contributed by atoms with Crippen LogP contribution in [0.15, 0.2) is 18.2 Å². The summed E-state index contributed by atoms with van der Waals surface area (Å²) in [5.41, 5.74) is 0.302. The van der Waals surface area contributed by atoms with Crippen LogP contribution in [0.3, 0.4) is 0 Å². The Morgan fingerprint density at radius 2 is 1.36 bits per heavy atom. The zero-order valence-electron chi connectivity index (χ0n) is 19.8. The van der Waals surface area contributed by atoms with E-state index in [2.05, 4.69) is 5.32 Å². The van der Waals surface area contributed by atoms with Gasteiger partial charge in [0.15, 0.2) is 6.61 Å². The van der Waals surface area contributed by atoms with E-state index >= 15 is 0 Å². The van der Waals surface area contributed by atoms with Gasteiger partial charge in [-0.25, -0.2) is 0 Å². The van der Waals surface area contributed by atoms with E-state index in [4.69, 9.17) is 14.2 Å². The van der Waals surface area contributed by atoms with Crippen molar-refractivity contribution >= 4 is 17.8 Å². The highest BCUT2D eigenvalue weighted by molar-refractivity contribution is 5.96. The standard InChI is InChI=1S/C25H36N2O6/c1-31-21-13-18(14-22(15-21)32-2)25(30)26-16-24(29)33-17-23(28)27(19-9-5-3-6-10-19)20-11-7-4-8-12-20/h13-15,19-20H,3-12,16-17H2,1-2H3,(H,26,30). The number of benzene rings is 1. The van der Waals surface area contributed by atoms with Gasteiger partial charge in [-0.3, -0.25) is 14.4 Å². The van der Waals surface area contributed by atoms with E-state index in [-0.39, 0.29) is 31.1 Å². The summed E-state index contributed by atoms with van der Waals surface area (Å²) in [6.45, 7) is -0.604. The molecule has 33 heavy (non-hydrogen) atoms. The molecule has 1 aromatic carbocycles. The molecule has 2 aliphatic carbocycles. The molecule has 0 spiro atoms. The van der Waals surface area contributed by atoms with E-state index in [9.17, 15) is 14.4 Å². The maximum Gasteiger partial charge on any atom is 0.325 e. The summed E-state index contributed by atoms with van der Waals surface area (Å²) >= 11 is 0. The minimum absolute atomic E-state index is 0.119. The van der Waals surface area contributed by atoms with Crippen molar-refractivity contribution in [1.29, 1.82) is 0 Å². The molecule has 1 aromatic rings. The average molecular weight is 461 g/mol. The molecule has 0 radical (unpaired) electrons. The number of nitrogens with one attached hydrogen (secondary N) is 1. The van der Waals surface area contributed by atoms with Gasteiger partial charge in [0.2, 0.25) is 0 Å². The molecule has 0 unspecified atom stereocenters. The molecular formula is C25H36N2O6. The van der Waals surface area contributed by atoms with Crippen LogP contribution in [-0.2, 0) is 14.3 Å². The molecule has 8 heteroatoms. The van der Waals surface area contributed by atoms with E-state index < -0.39 is 11.9 Å². The van der Waals surface area contributed by atoms with Crippen molar-refractivity contribution in [2.24, 2.45) is 0 Å². The highest BCUT2D eigenvalue weighted by Gasteiger charge is 2.32. The van der Waals surface area contributed by atoms with Gasteiger partial charge in [-0.15, -0.1) is 0 Å². The van der Waals surface area contributed by atoms with Crippen LogP contribution in [-0.4, -0.2) is 62.1 Å². The topological polar surface area (TPSA) is 94.2 Å². The third-order valence-electron chi connectivity index (χ3n) is 6.59. The quantitative estimate of drug-likeness (QED) is 0.567. The van der Waals surface area contributed by atoms with Crippen molar-refractivity contribution in [2.75, 3.05) is 27.4 Å². The second-order valence-electron chi connectivity index (χ2n) is 8.83. The zero-order valence-corrected chi connectivity index (χ0v) is 19.8. The number of hydrogen-bond acceptors (Lipinski definition) is 6. The Kier molecular flexibility index (Phi) is 9.39. The molecule has 2 saturated carbocycles. The number of carbonyl (C=O) groups is 3. The van der Waals surface area contributed by atoms with Crippen molar-refractivity contribution in [3.05, 3.63) is 23.8 Å². The molecular weight excluding hydrogens is 424 g/mol. The Balaban J connectivity index is 1.52. The lowest BCUT2D eigenvalue weighted by molar-refractivity contribution is -0.154. The molecule has 0 saturated heterocycles. The minimum atomic E-state index is -0.640. The maximum atomic E-state index is 13.1. The van der Waals surface area contributed by atoms with Crippen LogP contribution in [0.25, 0.3) is 0 Å². The molecule has 3 rings (SSSR count). The molecule has 2 fully saturated rings. The van der Waals surface area contributed by atoms with E-state index in [0.717, 1.165) is 51.4 Å². The summed E-state index contributed by atoms with van der Waals surface area (Å²) < 4.78 is 15.6. The molecule has 0 aromatic heterocycles. The summed E-state index contributed by atoms with van der Waals surface area (Å²) in [5.74, 6) is -0.275. The summed E-state index contributed by atoms with van der Waals surface area (Å²) in [6.07, 6.45) is 11.1. The summed E-state index contributed by atoms with van der Waals surface area (Å²) in [6, 6.07) is 5.26. The van der Waals surface area contributed by atoms with Crippen molar-refractivity contribution in [1.82, 2.24) is 10.2 Å². The largest absolute Gasteiger partial charge is 0.497 e. The van der Waals surface area contributed by atoms with Crippen molar-refractivity contribution in [2.45, 2.75) is 76.3 Å². The summed E-state index contributed by atoms with van der Waals surface area (Å²) in [4.78, 5) is 39.8. The Morgan fingerprint density at radius 3 is 1.85 bits per heavy atom. The normalized spacial score (nSPS) is 17.2. The fraction of sp³-hybridized carbons (Fsp3) is 0.640. The van der Waals surface area contributed by atoms with Crippen LogP contribution in [0, 0.1) is 0 Å². The fourth-order valence-electron chi connectivity index (χ4n) is 4.88. The van der Waals surface area contributed by atoms with Gasteiger partial charge < -0.3 is 24.4 Å². The molecule has 0 atom stereocenters. The van der Waals surface area contributed by atoms with Gasteiger partial charge in [-0.2, -0.15) is 0 Å². The number of methoxy groups -OCH3 is 2. The predicted octanol–water partition coefficient (Wildman–Crippen LogP) is 3.47. The first kappa shape index (κ1) is 24.9. The monoisotopic (exact) mass is 460 g/mol. The van der Waals surface area contributed by atoms with E-state index in [1.54, 1.807) is 18.2 Å². The Labute approximate surface area is 195 Å². The van der Waals surface area contributed by atoms with Crippen LogP contribution in [0.1, 0.15) is 74.6 Å². The molecule has 0 bridgehead atoms. The maximum absolute atomic E-state index is 13.1. The second-order valence-corrected chi connectivity index (χ2v) is 8.83. The number of carbonyl (C=O) groups excluding carboxylic acids is 3. The van der Waals surface area contributed by atoms with Crippen LogP contribution < -0.4 is 14.8 Å². The molecule has 182 valence electrons. The van der Waals surface area contributed by atoms with Crippen molar-refractivity contribution in [3.8, 4) is 11.5 Å². The Bertz CT molecular complexity index is 775. The third kappa shape index (κ3) is 7.11. The predicted molar refractivity (Wildman–Crippen MR) is 123 cm³/mol. The van der Waals surface area contributed by atoms with Crippen LogP contribution in [0.4, 0.5) is 0 Å². The smallest absolute Gasteiger partial charge is 0.325 e. The highest BCUT2D eigenvalue weighted by atomic mass is 16.5. The van der Waals surface area contributed by atoms with Crippen LogP contribution in [0.5, 0.6) is 11.5 Å².